The van der Waals surface area contributed by atoms with Crippen LogP contribution in [0.15, 0.2) is 47.2 Å². The summed E-state index contributed by atoms with van der Waals surface area (Å²) >= 11 is 0. The zero-order valence-corrected chi connectivity index (χ0v) is 16.3. The maximum Gasteiger partial charge on any atom is 0.230 e. The molecule has 8 heteroatoms. The lowest BCUT2D eigenvalue weighted by atomic mass is 10.2. The number of benzene rings is 1. The molecule has 1 N–H and O–H groups in total. The molecular weight excluding hydrogens is 368 g/mol. The topological polar surface area (TPSA) is 75.1 Å². The van der Waals surface area contributed by atoms with Gasteiger partial charge in [-0.1, -0.05) is 18.2 Å². The predicted molar refractivity (Wildman–Crippen MR) is 112 cm³/mol. The molecule has 1 fully saturated rings. The summed E-state index contributed by atoms with van der Waals surface area (Å²) in [5.41, 5.74) is 3.14. The fourth-order valence-corrected chi connectivity index (χ4v) is 3.75. The van der Waals surface area contributed by atoms with Crippen LogP contribution in [-0.2, 0) is 11.2 Å². The summed E-state index contributed by atoms with van der Waals surface area (Å²) in [6, 6.07) is 10.4. The first-order chi connectivity index (χ1) is 14.4. The van der Waals surface area contributed by atoms with Crippen molar-refractivity contribution in [2.45, 2.75) is 6.42 Å². The second-order valence-corrected chi connectivity index (χ2v) is 7.12. The molecular formula is C21H24N6O2. The molecule has 3 aliphatic heterocycles. The number of hydrogen-bond donors (Lipinski definition) is 1. The first-order valence-corrected chi connectivity index (χ1v) is 10.0. The average Bonchev–Trinajstić information content (AvgIpc) is 3.23. The van der Waals surface area contributed by atoms with Crippen LogP contribution < -0.4 is 19.9 Å². The zero-order chi connectivity index (χ0) is 19.5. The van der Waals surface area contributed by atoms with E-state index in [1.807, 2.05) is 12.3 Å². The number of aromatic nitrogens is 2. The normalized spacial score (nSPS) is 18.3. The number of nitrogens with one attached hydrogen (secondary N) is 1. The van der Waals surface area contributed by atoms with Gasteiger partial charge in [0.05, 0.1) is 31.0 Å². The van der Waals surface area contributed by atoms with Crippen LogP contribution in [0.3, 0.4) is 0 Å². The minimum absolute atomic E-state index is 0.411. The standard InChI is InChI=1S/C21H24N6O2/c1-2-4-17(5-3-1)27-9-6-18-19(27)24-21(26-10-12-28-13-11-26)25-20(18)29-15-16-14-22-7-8-23-16/h1-5,7,14,23H,6,8-13,15H2. The molecule has 1 aromatic heterocycles. The van der Waals surface area contributed by atoms with Gasteiger partial charge in [-0.15, -0.1) is 0 Å². The highest BCUT2D eigenvalue weighted by atomic mass is 16.5. The van der Waals surface area contributed by atoms with Crippen LogP contribution in [0.2, 0.25) is 0 Å². The van der Waals surface area contributed by atoms with E-state index in [9.17, 15) is 0 Å². The number of fused-ring (bicyclic) bond motifs is 1. The first kappa shape index (κ1) is 17.9. The second kappa shape index (κ2) is 8.08. The monoisotopic (exact) mass is 392 g/mol. The Kier molecular flexibility index (Phi) is 5.00. The van der Waals surface area contributed by atoms with E-state index in [1.165, 1.54) is 0 Å². The summed E-state index contributed by atoms with van der Waals surface area (Å²) < 4.78 is 11.7. The summed E-state index contributed by atoms with van der Waals surface area (Å²) in [4.78, 5) is 18.3. The summed E-state index contributed by atoms with van der Waals surface area (Å²) in [6.45, 7) is 4.94. The third-order valence-corrected chi connectivity index (χ3v) is 5.26. The molecule has 0 saturated carbocycles. The van der Waals surface area contributed by atoms with Crippen molar-refractivity contribution >= 4 is 23.7 Å². The van der Waals surface area contributed by atoms with Crippen LogP contribution in [0.25, 0.3) is 0 Å². The van der Waals surface area contributed by atoms with Gasteiger partial charge in [-0.3, -0.25) is 4.99 Å². The molecule has 3 aliphatic rings. The second-order valence-electron chi connectivity index (χ2n) is 7.12. The van der Waals surface area contributed by atoms with Gasteiger partial charge in [0.25, 0.3) is 0 Å². The van der Waals surface area contributed by atoms with Gasteiger partial charge in [0.2, 0.25) is 11.8 Å². The fraction of sp³-hybridized carbons (Fsp3) is 0.381. The van der Waals surface area contributed by atoms with Crippen molar-refractivity contribution in [2.24, 2.45) is 4.99 Å². The van der Waals surface area contributed by atoms with Crippen LogP contribution in [-0.4, -0.2) is 62.2 Å². The molecule has 0 amide bonds. The SMILES string of the molecule is C1=NC=C(COc2nc(N3CCOCC3)nc3c2CCN3c2ccccc2)NC1. The molecule has 2 aromatic rings. The number of anilines is 3. The van der Waals surface area contributed by atoms with Gasteiger partial charge in [0, 0.05) is 37.7 Å². The van der Waals surface area contributed by atoms with E-state index in [0.29, 0.717) is 31.6 Å². The van der Waals surface area contributed by atoms with Crippen molar-refractivity contribution in [1.82, 2.24) is 15.3 Å². The van der Waals surface area contributed by atoms with Gasteiger partial charge in [-0.05, 0) is 18.6 Å². The van der Waals surface area contributed by atoms with Crippen LogP contribution in [0, 0.1) is 0 Å². The molecule has 150 valence electrons. The first-order valence-electron chi connectivity index (χ1n) is 10.0. The molecule has 0 unspecified atom stereocenters. The minimum atomic E-state index is 0.411. The molecule has 1 aromatic carbocycles. The van der Waals surface area contributed by atoms with Gasteiger partial charge in [0.1, 0.15) is 12.4 Å². The number of hydrogen-bond acceptors (Lipinski definition) is 8. The molecule has 29 heavy (non-hydrogen) atoms. The maximum atomic E-state index is 6.16. The number of rotatable bonds is 5. The smallest absolute Gasteiger partial charge is 0.230 e. The summed E-state index contributed by atoms with van der Waals surface area (Å²) in [7, 11) is 0. The predicted octanol–water partition coefficient (Wildman–Crippen LogP) is 1.90. The van der Waals surface area contributed by atoms with Crippen LogP contribution in [0.5, 0.6) is 5.88 Å². The Bertz CT molecular complexity index is 924. The van der Waals surface area contributed by atoms with Crippen molar-refractivity contribution < 1.29 is 9.47 Å². The molecule has 0 spiro atoms. The van der Waals surface area contributed by atoms with Crippen molar-refractivity contribution in [1.29, 1.82) is 0 Å². The van der Waals surface area contributed by atoms with Crippen molar-refractivity contribution in [2.75, 3.05) is 55.8 Å². The fourth-order valence-electron chi connectivity index (χ4n) is 3.75. The lowest BCUT2D eigenvalue weighted by Gasteiger charge is -2.28. The Balaban J connectivity index is 1.48. The van der Waals surface area contributed by atoms with Crippen molar-refractivity contribution in [3.8, 4) is 5.88 Å². The van der Waals surface area contributed by atoms with Crippen molar-refractivity contribution in [3.05, 3.63) is 47.8 Å². The van der Waals surface area contributed by atoms with E-state index < -0.39 is 0 Å². The van der Waals surface area contributed by atoms with Crippen LogP contribution in [0.1, 0.15) is 5.56 Å². The Morgan fingerprint density at radius 1 is 1.07 bits per heavy atom. The number of aliphatic imine (C=N–C) groups is 1. The average molecular weight is 392 g/mol. The van der Waals surface area contributed by atoms with Crippen LogP contribution >= 0.6 is 0 Å². The Morgan fingerprint density at radius 2 is 1.93 bits per heavy atom. The van der Waals surface area contributed by atoms with Gasteiger partial charge in [0.15, 0.2) is 0 Å². The van der Waals surface area contributed by atoms with Gasteiger partial charge >= 0.3 is 0 Å². The largest absolute Gasteiger partial charge is 0.471 e. The number of nitrogens with zero attached hydrogens (tertiary/aromatic N) is 5. The Morgan fingerprint density at radius 3 is 2.72 bits per heavy atom. The molecule has 5 rings (SSSR count). The summed E-state index contributed by atoms with van der Waals surface area (Å²) in [5.74, 6) is 2.30. The Hall–Kier alpha value is -3.13. The van der Waals surface area contributed by atoms with E-state index in [0.717, 1.165) is 55.4 Å². The molecule has 1 saturated heterocycles. The van der Waals surface area contributed by atoms with Crippen molar-refractivity contribution in [3.63, 3.8) is 0 Å². The van der Waals surface area contributed by atoms with Crippen LogP contribution in [0.4, 0.5) is 17.5 Å². The summed E-state index contributed by atoms with van der Waals surface area (Å²) in [6.07, 6.45) is 4.48. The third kappa shape index (κ3) is 3.75. The van der Waals surface area contributed by atoms with Gasteiger partial charge in [-0.2, -0.15) is 9.97 Å². The lowest BCUT2D eigenvalue weighted by Crippen LogP contribution is -2.37. The minimum Gasteiger partial charge on any atom is -0.471 e. The molecule has 8 nitrogen and oxygen atoms in total. The van der Waals surface area contributed by atoms with E-state index in [-0.39, 0.29) is 0 Å². The lowest BCUT2D eigenvalue weighted by molar-refractivity contribution is 0.122. The Labute approximate surface area is 169 Å². The maximum absolute atomic E-state index is 6.16. The zero-order valence-electron chi connectivity index (χ0n) is 16.3. The highest BCUT2D eigenvalue weighted by Gasteiger charge is 2.29. The highest BCUT2D eigenvalue weighted by molar-refractivity contribution is 5.69. The third-order valence-electron chi connectivity index (χ3n) is 5.26. The van der Waals surface area contributed by atoms with E-state index in [1.54, 1.807) is 6.20 Å². The number of ether oxygens (including phenoxy) is 2. The van der Waals surface area contributed by atoms with Gasteiger partial charge < -0.3 is 24.6 Å². The molecule has 4 heterocycles. The molecule has 0 bridgehead atoms. The molecule has 0 atom stereocenters. The number of para-hydroxylation sites is 1. The quantitative estimate of drug-likeness (QED) is 0.833. The highest BCUT2D eigenvalue weighted by Crippen LogP contribution is 2.38. The summed E-state index contributed by atoms with van der Waals surface area (Å²) in [5, 5.41) is 3.28. The van der Waals surface area contributed by atoms with Gasteiger partial charge in [-0.25, -0.2) is 0 Å². The van der Waals surface area contributed by atoms with E-state index in [4.69, 9.17) is 19.4 Å². The van der Waals surface area contributed by atoms with E-state index in [2.05, 4.69) is 44.4 Å². The van der Waals surface area contributed by atoms with E-state index >= 15 is 0 Å². The molecule has 0 aliphatic carbocycles. The number of morpholine rings is 1. The molecule has 0 radical (unpaired) electrons.